The van der Waals surface area contributed by atoms with Gasteiger partial charge in [0.15, 0.2) is 0 Å². The van der Waals surface area contributed by atoms with Crippen molar-refractivity contribution in [2.45, 2.75) is 27.3 Å². The molecule has 0 saturated heterocycles. The molecule has 122 valence electrons. The van der Waals surface area contributed by atoms with Crippen LogP contribution in [0.3, 0.4) is 0 Å². The maximum absolute atomic E-state index is 4.56. The van der Waals surface area contributed by atoms with Gasteiger partial charge < -0.3 is 10.6 Å². The number of hydrogen-bond donors (Lipinski definition) is 2. The van der Waals surface area contributed by atoms with Gasteiger partial charge in [-0.3, -0.25) is 0 Å². The molecule has 0 unspecified atom stereocenters. The smallest absolute Gasteiger partial charge is 0.225 e. The summed E-state index contributed by atoms with van der Waals surface area (Å²) in [5.41, 5.74) is 5.64. The van der Waals surface area contributed by atoms with Crippen molar-refractivity contribution in [3.8, 4) is 0 Å². The van der Waals surface area contributed by atoms with Crippen molar-refractivity contribution in [2.75, 3.05) is 10.6 Å². The van der Waals surface area contributed by atoms with E-state index in [0.29, 0.717) is 12.5 Å². The van der Waals surface area contributed by atoms with Crippen LogP contribution >= 0.6 is 0 Å². The van der Waals surface area contributed by atoms with Gasteiger partial charge in [0.2, 0.25) is 5.95 Å². The molecule has 0 bridgehead atoms. The Kier molecular flexibility index (Phi) is 4.75. The summed E-state index contributed by atoms with van der Waals surface area (Å²) in [6.07, 6.45) is 0. The zero-order valence-corrected chi connectivity index (χ0v) is 14.3. The summed E-state index contributed by atoms with van der Waals surface area (Å²) >= 11 is 0. The van der Waals surface area contributed by atoms with Crippen molar-refractivity contribution in [1.29, 1.82) is 0 Å². The minimum Gasteiger partial charge on any atom is -0.350 e. The molecule has 0 fully saturated rings. The van der Waals surface area contributed by atoms with Crippen LogP contribution in [0.4, 0.5) is 17.5 Å². The highest BCUT2D eigenvalue weighted by Gasteiger charge is 2.03. The maximum Gasteiger partial charge on any atom is 0.225 e. The highest BCUT2D eigenvalue weighted by molar-refractivity contribution is 5.57. The third-order valence-corrected chi connectivity index (χ3v) is 3.71. The molecule has 4 nitrogen and oxygen atoms in total. The van der Waals surface area contributed by atoms with E-state index in [4.69, 9.17) is 0 Å². The molecule has 3 rings (SSSR count). The molecule has 0 radical (unpaired) electrons. The van der Waals surface area contributed by atoms with Crippen LogP contribution < -0.4 is 10.6 Å². The zero-order chi connectivity index (χ0) is 16.9. The van der Waals surface area contributed by atoms with Crippen molar-refractivity contribution in [3.05, 3.63) is 77.0 Å². The molecule has 1 heterocycles. The summed E-state index contributed by atoms with van der Waals surface area (Å²) in [6.45, 7) is 6.84. The van der Waals surface area contributed by atoms with Gasteiger partial charge in [-0.1, -0.05) is 47.5 Å². The quantitative estimate of drug-likeness (QED) is 0.712. The number of anilines is 3. The van der Waals surface area contributed by atoms with E-state index in [1.54, 1.807) is 0 Å². The van der Waals surface area contributed by atoms with Crippen LogP contribution in [-0.4, -0.2) is 9.97 Å². The van der Waals surface area contributed by atoms with E-state index in [2.05, 4.69) is 70.8 Å². The Morgan fingerprint density at radius 3 is 2.38 bits per heavy atom. The molecule has 0 amide bonds. The molecule has 0 spiro atoms. The zero-order valence-electron chi connectivity index (χ0n) is 14.3. The van der Waals surface area contributed by atoms with E-state index in [-0.39, 0.29) is 0 Å². The number of rotatable bonds is 5. The number of nitrogens with zero attached hydrogens (tertiary/aromatic N) is 2. The molecule has 2 aromatic carbocycles. The summed E-state index contributed by atoms with van der Waals surface area (Å²) in [6, 6.07) is 18.6. The first kappa shape index (κ1) is 16.0. The SMILES string of the molecule is Cc1ccc(Nc2cc(C)nc(NCc3cccc(C)c3)n2)cc1. The maximum atomic E-state index is 4.56. The van der Waals surface area contributed by atoms with E-state index in [1.807, 2.05) is 25.1 Å². The monoisotopic (exact) mass is 318 g/mol. The molecular formula is C20H22N4. The third-order valence-electron chi connectivity index (χ3n) is 3.71. The van der Waals surface area contributed by atoms with Gasteiger partial charge in [-0.15, -0.1) is 0 Å². The largest absolute Gasteiger partial charge is 0.350 e. The Hall–Kier alpha value is -2.88. The topological polar surface area (TPSA) is 49.8 Å². The van der Waals surface area contributed by atoms with Crippen molar-refractivity contribution < 1.29 is 0 Å². The minimum atomic E-state index is 0.631. The fourth-order valence-corrected chi connectivity index (χ4v) is 2.50. The predicted molar refractivity (Wildman–Crippen MR) is 99.7 cm³/mol. The van der Waals surface area contributed by atoms with Crippen molar-refractivity contribution >= 4 is 17.5 Å². The fourth-order valence-electron chi connectivity index (χ4n) is 2.50. The first-order valence-corrected chi connectivity index (χ1v) is 8.07. The van der Waals surface area contributed by atoms with E-state index in [0.717, 1.165) is 17.2 Å². The Morgan fingerprint density at radius 1 is 0.833 bits per heavy atom. The van der Waals surface area contributed by atoms with Crippen LogP contribution in [0.25, 0.3) is 0 Å². The number of aryl methyl sites for hydroxylation is 3. The van der Waals surface area contributed by atoms with Crippen LogP contribution in [-0.2, 0) is 6.54 Å². The molecule has 0 aliphatic carbocycles. The number of benzene rings is 2. The normalized spacial score (nSPS) is 10.5. The molecule has 24 heavy (non-hydrogen) atoms. The van der Waals surface area contributed by atoms with Gasteiger partial charge >= 0.3 is 0 Å². The van der Waals surface area contributed by atoms with Gasteiger partial charge in [0, 0.05) is 24.0 Å². The molecular weight excluding hydrogens is 296 g/mol. The lowest BCUT2D eigenvalue weighted by Gasteiger charge is -2.10. The molecule has 0 aliphatic heterocycles. The van der Waals surface area contributed by atoms with E-state index >= 15 is 0 Å². The van der Waals surface area contributed by atoms with Crippen LogP contribution in [0, 0.1) is 20.8 Å². The minimum absolute atomic E-state index is 0.631. The second kappa shape index (κ2) is 7.13. The molecule has 1 aromatic heterocycles. The molecule has 0 aliphatic rings. The van der Waals surface area contributed by atoms with Crippen LogP contribution in [0.5, 0.6) is 0 Å². The third kappa shape index (κ3) is 4.32. The lowest BCUT2D eigenvalue weighted by Crippen LogP contribution is -2.06. The van der Waals surface area contributed by atoms with Crippen LogP contribution in [0.1, 0.15) is 22.4 Å². The summed E-state index contributed by atoms with van der Waals surface area (Å²) in [7, 11) is 0. The fraction of sp³-hybridized carbons (Fsp3) is 0.200. The lowest BCUT2D eigenvalue weighted by atomic mass is 10.1. The van der Waals surface area contributed by atoms with E-state index in [9.17, 15) is 0 Å². The van der Waals surface area contributed by atoms with Gasteiger partial charge in [-0.05, 0) is 38.5 Å². The lowest BCUT2D eigenvalue weighted by molar-refractivity contribution is 1.03. The highest BCUT2D eigenvalue weighted by Crippen LogP contribution is 2.17. The van der Waals surface area contributed by atoms with Crippen LogP contribution in [0.15, 0.2) is 54.6 Å². The van der Waals surface area contributed by atoms with Crippen LogP contribution in [0.2, 0.25) is 0 Å². The Morgan fingerprint density at radius 2 is 1.62 bits per heavy atom. The highest BCUT2D eigenvalue weighted by atomic mass is 15.1. The predicted octanol–water partition coefficient (Wildman–Crippen LogP) is 4.76. The average molecular weight is 318 g/mol. The summed E-state index contributed by atoms with van der Waals surface area (Å²) < 4.78 is 0. The van der Waals surface area contributed by atoms with Crippen molar-refractivity contribution in [1.82, 2.24) is 9.97 Å². The standard InChI is InChI=1S/C20H22N4/c1-14-7-9-18(10-8-14)23-19-12-16(3)22-20(24-19)21-13-17-6-4-5-15(2)11-17/h4-12H,13H2,1-3H3,(H2,21,22,23,24). The molecule has 0 saturated carbocycles. The van der Waals surface area contributed by atoms with Crippen molar-refractivity contribution in [2.24, 2.45) is 0 Å². The Balaban J connectivity index is 1.72. The first-order chi connectivity index (χ1) is 11.6. The molecule has 4 heteroatoms. The number of hydrogen-bond acceptors (Lipinski definition) is 4. The van der Waals surface area contributed by atoms with Gasteiger partial charge in [-0.25, -0.2) is 4.98 Å². The first-order valence-electron chi connectivity index (χ1n) is 8.07. The van der Waals surface area contributed by atoms with Gasteiger partial charge in [0.05, 0.1) is 0 Å². The summed E-state index contributed by atoms with van der Waals surface area (Å²) in [4.78, 5) is 9.02. The average Bonchev–Trinajstić information content (AvgIpc) is 2.55. The Labute approximate surface area is 143 Å². The van der Waals surface area contributed by atoms with E-state index < -0.39 is 0 Å². The molecule has 2 N–H and O–H groups in total. The number of nitrogens with one attached hydrogen (secondary N) is 2. The van der Waals surface area contributed by atoms with Gasteiger partial charge in [0.1, 0.15) is 5.82 Å². The summed E-state index contributed by atoms with van der Waals surface area (Å²) in [5.74, 6) is 1.42. The second-order valence-electron chi connectivity index (χ2n) is 6.05. The molecule has 3 aromatic rings. The van der Waals surface area contributed by atoms with Crippen molar-refractivity contribution in [3.63, 3.8) is 0 Å². The summed E-state index contributed by atoms with van der Waals surface area (Å²) in [5, 5.41) is 6.63. The Bertz CT molecular complexity index is 825. The number of aromatic nitrogens is 2. The molecule has 0 atom stereocenters. The van der Waals surface area contributed by atoms with Gasteiger partial charge in [-0.2, -0.15) is 4.98 Å². The van der Waals surface area contributed by atoms with E-state index in [1.165, 1.54) is 16.7 Å². The second-order valence-corrected chi connectivity index (χ2v) is 6.05. The van der Waals surface area contributed by atoms with Gasteiger partial charge in [0.25, 0.3) is 0 Å².